The summed E-state index contributed by atoms with van der Waals surface area (Å²) in [5, 5.41) is 0. The van der Waals surface area contributed by atoms with Crippen LogP contribution in [0, 0.1) is 5.92 Å². The van der Waals surface area contributed by atoms with E-state index in [1.54, 1.807) is 0 Å². The van der Waals surface area contributed by atoms with Crippen LogP contribution in [0.5, 0.6) is 0 Å². The van der Waals surface area contributed by atoms with Crippen molar-refractivity contribution in [1.82, 2.24) is 0 Å². The average molecular weight is 308 g/mol. The fourth-order valence-corrected chi connectivity index (χ4v) is 3.23. The van der Waals surface area contributed by atoms with Crippen molar-refractivity contribution in [2.24, 2.45) is 5.92 Å². The predicted octanol–water partition coefficient (Wildman–Crippen LogP) is 4.05. The Morgan fingerprint density at radius 1 is 1.04 bits per heavy atom. The van der Waals surface area contributed by atoms with Crippen LogP contribution >= 0.6 is 0 Å². The van der Waals surface area contributed by atoms with Gasteiger partial charge >= 0.3 is 5.97 Å². The molecule has 1 fully saturated rings. The zero-order valence-corrected chi connectivity index (χ0v) is 13.1. The molecule has 1 aliphatic rings. The quantitative estimate of drug-likeness (QED) is 0.800. The molecule has 1 aliphatic carbocycles. The van der Waals surface area contributed by atoms with Crippen molar-refractivity contribution in [2.75, 3.05) is 0 Å². The van der Waals surface area contributed by atoms with Gasteiger partial charge in [-0.2, -0.15) is 0 Å². The Kier molecular flexibility index (Phi) is 4.56. The maximum absolute atomic E-state index is 12.6. The van der Waals surface area contributed by atoms with E-state index in [0.717, 1.165) is 11.1 Å². The molecule has 3 heteroatoms. The molecular formula is C20H20O3. The largest absolute Gasteiger partial charge is 0.458 e. The number of ether oxygens (including phenoxy) is 1. The minimum atomic E-state index is -0.379. The molecule has 0 aromatic heterocycles. The summed E-state index contributed by atoms with van der Waals surface area (Å²) in [7, 11) is 0. The number of hydrogen-bond donors (Lipinski definition) is 0. The topological polar surface area (TPSA) is 43.4 Å². The highest BCUT2D eigenvalue weighted by atomic mass is 16.5. The van der Waals surface area contributed by atoms with Crippen LogP contribution in [0.1, 0.15) is 42.9 Å². The summed E-state index contributed by atoms with van der Waals surface area (Å²) in [4.78, 5) is 24.8. The predicted molar refractivity (Wildman–Crippen MR) is 87.9 cm³/mol. The first-order valence-electron chi connectivity index (χ1n) is 8.00. The highest BCUT2D eigenvalue weighted by Crippen LogP contribution is 2.38. The number of Topliss-reactive ketones (excluding diaryl/α,β-unsaturated/α-hetero) is 1. The molecule has 0 aliphatic heterocycles. The molecular weight excluding hydrogens is 288 g/mol. The van der Waals surface area contributed by atoms with E-state index >= 15 is 0 Å². The van der Waals surface area contributed by atoms with E-state index in [1.165, 1.54) is 0 Å². The highest BCUT2D eigenvalue weighted by molar-refractivity contribution is 5.94. The van der Waals surface area contributed by atoms with Gasteiger partial charge in [0.1, 0.15) is 11.9 Å². The molecule has 0 spiro atoms. The number of benzene rings is 2. The lowest BCUT2D eigenvalue weighted by molar-refractivity contribution is -0.154. The summed E-state index contributed by atoms with van der Waals surface area (Å²) in [6.45, 7) is 1.86. The zero-order valence-electron chi connectivity index (χ0n) is 13.1. The lowest BCUT2D eigenvalue weighted by Gasteiger charge is -2.21. The Bertz CT molecular complexity index is 679. The van der Waals surface area contributed by atoms with Gasteiger partial charge in [-0.3, -0.25) is 9.59 Å². The number of carbonyl (C=O) groups excluding carboxylic acids is 2. The lowest BCUT2D eigenvalue weighted by atomic mass is 9.88. The maximum Gasteiger partial charge on any atom is 0.310 e. The van der Waals surface area contributed by atoms with Crippen molar-refractivity contribution in [3.8, 4) is 0 Å². The fourth-order valence-electron chi connectivity index (χ4n) is 3.23. The smallest absolute Gasteiger partial charge is 0.310 e. The van der Waals surface area contributed by atoms with Gasteiger partial charge in [-0.25, -0.2) is 0 Å². The molecule has 0 unspecified atom stereocenters. The van der Waals surface area contributed by atoms with Crippen LogP contribution < -0.4 is 0 Å². The molecule has 0 heterocycles. The minimum Gasteiger partial charge on any atom is -0.458 e. The molecule has 3 atom stereocenters. The monoisotopic (exact) mass is 308 g/mol. The summed E-state index contributed by atoms with van der Waals surface area (Å²) in [5.74, 6) is -0.894. The highest BCUT2D eigenvalue weighted by Gasteiger charge is 2.41. The fraction of sp³-hybridized carbons (Fsp3) is 0.300. The third-order valence-electron chi connectivity index (χ3n) is 4.47. The number of hydrogen-bond acceptors (Lipinski definition) is 3. The molecule has 2 aromatic carbocycles. The summed E-state index contributed by atoms with van der Waals surface area (Å²) in [6, 6.07) is 19.2. The van der Waals surface area contributed by atoms with Crippen LogP contribution in [0.2, 0.25) is 0 Å². The average Bonchev–Trinajstić information content (AvgIpc) is 2.98. The van der Waals surface area contributed by atoms with Crippen molar-refractivity contribution >= 4 is 11.8 Å². The standard InChI is InChI=1S/C20H20O3/c1-14(15-8-4-2-5-9-15)23-20(22)17-12-13-18(21)19(17)16-10-6-3-7-11-16/h2-11,14,17,19H,12-13H2,1H3/t14-,17+,19-/m0/s1. The molecule has 1 saturated carbocycles. The van der Waals surface area contributed by atoms with Crippen molar-refractivity contribution in [2.45, 2.75) is 31.8 Å². The second kappa shape index (κ2) is 6.78. The maximum atomic E-state index is 12.6. The van der Waals surface area contributed by atoms with E-state index in [1.807, 2.05) is 67.6 Å². The van der Waals surface area contributed by atoms with Gasteiger partial charge in [0.05, 0.1) is 11.8 Å². The Balaban J connectivity index is 1.75. The number of ketones is 1. The summed E-state index contributed by atoms with van der Waals surface area (Å²) >= 11 is 0. The Hall–Kier alpha value is -2.42. The van der Waals surface area contributed by atoms with E-state index in [-0.39, 0.29) is 29.7 Å². The number of carbonyl (C=O) groups is 2. The van der Waals surface area contributed by atoms with E-state index in [0.29, 0.717) is 12.8 Å². The van der Waals surface area contributed by atoms with Crippen molar-refractivity contribution in [3.05, 3.63) is 71.8 Å². The van der Waals surface area contributed by atoms with Gasteiger partial charge in [-0.1, -0.05) is 60.7 Å². The third kappa shape index (κ3) is 3.34. The number of esters is 1. The molecule has 0 saturated heterocycles. The zero-order chi connectivity index (χ0) is 16.2. The van der Waals surface area contributed by atoms with Crippen LogP contribution in [0.3, 0.4) is 0 Å². The first-order chi connectivity index (χ1) is 11.2. The van der Waals surface area contributed by atoms with E-state index < -0.39 is 0 Å². The van der Waals surface area contributed by atoms with Gasteiger partial charge in [0, 0.05) is 6.42 Å². The molecule has 3 nitrogen and oxygen atoms in total. The van der Waals surface area contributed by atoms with Gasteiger partial charge in [-0.05, 0) is 24.5 Å². The van der Waals surface area contributed by atoms with Crippen LogP contribution in [0.25, 0.3) is 0 Å². The van der Waals surface area contributed by atoms with E-state index in [4.69, 9.17) is 4.74 Å². The van der Waals surface area contributed by atoms with Gasteiger partial charge in [0.15, 0.2) is 0 Å². The Morgan fingerprint density at radius 2 is 1.65 bits per heavy atom. The lowest BCUT2D eigenvalue weighted by Crippen LogP contribution is -2.24. The first-order valence-corrected chi connectivity index (χ1v) is 8.00. The molecule has 0 N–H and O–H groups in total. The molecule has 23 heavy (non-hydrogen) atoms. The number of rotatable bonds is 4. The van der Waals surface area contributed by atoms with Gasteiger partial charge in [-0.15, -0.1) is 0 Å². The molecule has 3 rings (SSSR count). The minimum absolute atomic E-state index is 0.130. The summed E-state index contributed by atoms with van der Waals surface area (Å²) < 4.78 is 5.63. The van der Waals surface area contributed by atoms with Crippen molar-refractivity contribution in [3.63, 3.8) is 0 Å². The van der Waals surface area contributed by atoms with Crippen molar-refractivity contribution < 1.29 is 14.3 Å². The van der Waals surface area contributed by atoms with Crippen LogP contribution in [0.15, 0.2) is 60.7 Å². The summed E-state index contributed by atoms with van der Waals surface area (Å²) in [6.07, 6.45) is 0.702. The van der Waals surface area contributed by atoms with E-state index in [2.05, 4.69) is 0 Å². The molecule has 0 amide bonds. The second-order valence-corrected chi connectivity index (χ2v) is 5.99. The summed E-state index contributed by atoms with van der Waals surface area (Å²) in [5.41, 5.74) is 1.87. The second-order valence-electron chi connectivity index (χ2n) is 5.99. The van der Waals surface area contributed by atoms with Crippen LogP contribution in [-0.2, 0) is 14.3 Å². The van der Waals surface area contributed by atoms with Gasteiger partial charge in [0.2, 0.25) is 0 Å². The van der Waals surface area contributed by atoms with Crippen LogP contribution in [-0.4, -0.2) is 11.8 Å². The first kappa shape index (κ1) is 15.5. The molecule has 2 aromatic rings. The normalized spacial score (nSPS) is 21.9. The Morgan fingerprint density at radius 3 is 2.30 bits per heavy atom. The van der Waals surface area contributed by atoms with Crippen LogP contribution in [0.4, 0.5) is 0 Å². The van der Waals surface area contributed by atoms with Gasteiger partial charge < -0.3 is 4.74 Å². The Labute approximate surface area is 136 Å². The SMILES string of the molecule is C[C@H](OC(=O)[C@@H]1CCC(=O)[C@H]1c1ccccc1)c1ccccc1. The molecule has 0 bridgehead atoms. The van der Waals surface area contributed by atoms with E-state index in [9.17, 15) is 9.59 Å². The van der Waals surface area contributed by atoms with Gasteiger partial charge in [0.25, 0.3) is 0 Å². The molecule has 118 valence electrons. The molecule has 0 radical (unpaired) electrons. The third-order valence-corrected chi connectivity index (χ3v) is 4.47. The van der Waals surface area contributed by atoms with Crippen molar-refractivity contribution in [1.29, 1.82) is 0 Å².